The zero-order valence-corrected chi connectivity index (χ0v) is 27.9. The summed E-state index contributed by atoms with van der Waals surface area (Å²) < 4.78 is 0. The lowest BCUT2D eigenvalue weighted by Gasteiger charge is -2.58. The van der Waals surface area contributed by atoms with Gasteiger partial charge in [0.05, 0.1) is 11.4 Å². The molecular formula is C38H50N2O2S. The number of anilines is 2. The number of fused-ring (bicyclic) bond motifs is 7. The molecule has 7 atom stereocenters. The summed E-state index contributed by atoms with van der Waals surface area (Å²) >= 11 is 1.87. The van der Waals surface area contributed by atoms with Crippen LogP contribution in [0.3, 0.4) is 0 Å². The Bertz CT molecular complexity index is 1370. The molecule has 0 saturated heterocycles. The Labute approximate surface area is 263 Å². The van der Waals surface area contributed by atoms with Gasteiger partial charge in [-0.05, 0) is 132 Å². The average molecular weight is 599 g/mol. The summed E-state index contributed by atoms with van der Waals surface area (Å²) in [5.41, 5.74) is 4.59. The van der Waals surface area contributed by atoms with E-state index in [0.717, 1.165) is 50.0 Å². The molecule has 2 aromatic rings. The van der Waals surface area contributed by atoms with Crippen molar-refractivity contribution in [2.75, 3.05) is 25.5 Å². The largest absolute Gasteiger partial charge is 0.338 e. The van der Waals surface area contributed by atoms with Crippen LogP contribution in [-0.4, -0.2) is 43.1 Å². The number of allylic oxidation sites excluding steroid dienone is 1. The lowest BCUT2D eigenvalue weighted by molar-refractivity contribution is -0.128. The number of rotatable bonds is 4. The SMILES string of the molecule is CC(=O)[C@H]1CC[C@H]2[C@@H]3CCC4=CC(=O)CC[C@]4(C)[C@H]3CC[C@]12C.CC(CN1c2ccccc2Sc2ccccc21)N(C)C. The van der Waals surface area contributed by atoms with Crippen LogP contribution in [0.5, 0.6) is 0 Å². The predicted octanol–water partition coefficient (Wildman–Crippen LogP) is 8.96. The van der Waals surface area contributed by atoms with E-state index >= 15 is 0 Å². The van der Waals surface area contributed by atoms with Gasteiger partial charge in [0, 0.05) is 34.7 Å². The molecule has 1 heterocycles. The smallest absolute Gasteiger partial charge is 0.155 e. The molecule has 3 saturated carbocycles. The van der Waals surface area contributed by atoms with E-state index in [1.165, 1.54) is 52.4 Å². The van der Waals surface area contributed by atoms with Crippen molar-refractivity contribution in [3.63, 3.8) is 0 Å². The lowest BCUT2D eigenvalue weighted by atomic mass is 9.47. The molecule has 7 rings (SSSR count). The summed E-state index contributed by atoms with van der Waals surface area (Å²) in [6.07, 6.45) is 10.9. The second kappa shape index (κ2) is 11.9. The monoisotopic (exact) mass is 598 g/mol. The highest BCUT2D eigenvalue weighted by atomic mass is 32.2. The summed E-state index contributed by atoms with van der Waals surface area (Å²) in [7, 11) is 4.28. The number of nitrogens with zero attached hydrogens (tertiary/aromatic N) is 2. The van der Waals surface area contributed by atoms with Crippen LogP contribution in [0.25, 0.3) is 0 Å². The minimum Gasteiger partial charge on any atom is -0.338 e. The Morgan fingerprint density at radius 2 is 1.58 bits per heavy atom. The van der Waals surface area contributed by atoms with Gasteiger partial charge in [0.25, 0.3) is 0 Å². The van der Waals surface area contributed by atoms with Crippen molar-refractivity contribution in [2.24, 2.45) is 34.5 Å². The zero-order chi connectivity index (χ0) is 30.5. The molecule has 0 N–H and O–H groups in total. The molecule has 1 unspecified atom stereocenters. The second-order valence-corrected chi connectivity index (χ2v) is 15.8. The third-order valence-electron chi connectivity index (χ3n) is 12.3. The van der Waals surface area contributed by atoms with Gasteiger partial charge in [0.1, 0.15) is 5.78 Å². The fourth-order valence-electron chi connectivity index (χ4n) is 9.63. The fourth-order valence-corrected chi connectivity index (χ4v) is 10.7. The summed E-state index contributed by atoms with van der Waals surface area (Å²) in [6, 6.07) is 17.9. The highest BCUT2D eigenvalue weighted by Gasteiger charge is 2.59. The van der Waals surface area contributed by atoms with Gasteiger partial charge in [0.2, 0.25) is 0 Å². The summed E-state index contributed by atoms with van der Waals surface area (Å²) in [6.45, 7) is 9.92. The number of Topliss-reactive ketones (excluding diaryl/α,β-unsaturated/α-hetero) is 1. The molecule has 4 nitrogen and oxygen atoms in total. The first-order valence-corrected chi connectivity index (χ1v) is 17.4. The van der Waals surface area contributed by atoms with Gasteiger partial charge >= 0.3 is 0 Å². The highest BCUT2D eigenvalue weighted by molar-refractivity contribution is 7.99. The van der Waals surface area contributed by atoms with Crippen molar-refractivity contribution < 1.29 is 9.59 Å². The van der Waals surface area contributed by atoms with Crippen LogP contribution in [0, 0.1) is 34.5 Å². The highest BCUT2D eigenvalue weighted by Crippen LogP contribution is 2.66. The van der Waals surface area contributed by atoms with Crippen LogP contribution < -0.4 is 4.90 Å². The van der Waals surface area contributed by atoms with E-state index in [9.17, 15) is 9.59 Å². The van der Waals surface area contributed by atoms with Crippen molar-refractivity contribution in [3.8, 4) is 0 Å². The first kappa shape index (κ1) is 30.6. The molecule has 0 radical (unpaired) electrons. The van der Waals surface area contributed by atoms with Gasteiger partial charge in [-0.15, -0.1) is 0 Å². The molecule has 0 aromatic heterocycles. The minimum absolute atomic E-state index is 0.245. The molecule has 3 fully saturated rings. The van der Waals surface area contributed by atoms with E-state index in [1.807, 2.05) is 17.8 Å². The Morgan fingerprint density at radius 3 is 2.21 bits per heavy atom. The van der Waals surface area contributed by atoms with Gasteiger partial charge in [0.15, 0.2) is 5.78 Å². The van der Waals surface area contributed by atoms with E-state index in [2.05, 4.69) is 93.2 Å². The molecule has 230 valence electrons. The van der Waals surface area contributed by atoms with Crippen molar-refractivity contribution >= 4 is 34.7 Å². The maximum absolute atomic E-state index is 12.1. The number of benzene rings is 2. The zero-order valence-electron chi connectivity index (χ0n) is 27.1. The number of ketones is 2. The molecule has 0 spiro atoms. The summed E-state index contributed by atoms with van der Waals surface area (Å²) in [5, 5.41) is 0. The van der Waals surface area contributed by atoms with Crippen molar-refractivity contribution in [2.45, 2.75) is 94.9 Å². The topological polar surface area (TPSA) is 40.6 Å². The van der Waals surface area contributed by atoms with E-state index < -0.39 is 0 Å². The maximum atomic E-state index is 12.1. The minimum atomic E-state index is 0.245. The Balaban J connectivity index is 0.000000155. The molecule has 43 heavy (non-hydrogen) atoms. The standard InChI is InChI=1S/C21H30O2.C17H20N2S/c1-13(22)17-6-7-18-16-5-4-14-12-15(23)8-10-20(14,2)19(16)9-11-21(17,18)3;1-13(18(2)3)12-19-14-8-4-6-10-16(14)20-17-11-7-5-9-15(17)19/h12,16-19H,4-11H2,1-3H3;4-11,13H,12H2,1-3H3/t16-,17+,18-,19-,20-,21+;/m0./s1. The van der Waals surface area contributed by atoms with Crippen LogP contribution in [0.2, 0.25) is 0 Å². The van der Waals surface area contributed by atoms with Crippen LogP contribution in [0.15, 0.2) is 70.0 Å². The molecule has 1 aliphatic heterocycles. The predicted molar refractivity (Wildman–Crippen MR) is 178 cm³/mol. The summed E-state index contributed by atoms with van der Waals surface area (Å²) in [5.74, 6) is 3.29. The molecule has 5 aliphatic rings. The number of carbonyl (C=O) groups is 2. The van der Waals surface area contributed by atoms with Crippen LogP contribution >= 0.6 is 11.8 Å². The van der Waals surface area contributed by atoms with Crippen LogP contribution in [0.4, 0.5) is 11.4 Å². The molecule has 2 aromatic carbocycles. The molecule has 4 aliphatic carbocycles. The van der Waals surface area contributed by atoms with Gasteiger partial charge < -0.3 is 9.80 Å². The number of likely N-dealkylation sites (N-methyl/N-ethyl adjacent to an activating group) is 1. The van der Waals surface area contributed by atoms with Crippen molar-refractivity contribution in [1.82, 2.24) is 4.90 Å². The quantitative estimate of drug-likeness (QED) is 0.351. The Morgan fingerprint density at radius 1 is 0.930 bits per heavy atom. The van der Waals surface area contributed by atoms with Gasteiger partial charge in [-0.3, -0.25) is 9.59 Å². The molecule has 5 heteroatoms. The molecular weight excluding hydrogens is 548 g/mol. The van der Waals surface area contributed by atoms with Crippen LogP contribution in [0.1, 0.15) is 79.1 Å². The van der Waals surface area contributed by atoms with Gasteiger partial charge in [-0.1, -0.05) is 55.4 Å². The second-order valence-electron chi connectivity index (χ2n) is 14.7. The third-order valence-corrected chi connectivity index (χ3v) is 13.4. The van der Waals surface area contributed by atoms with E-state index in [0.29, 0.717) is 23.5 Å². The molecule has 0 amide bonds. The van der Waals surface area contributed by atoms with E-state index in [-0.39, 0.29) is 10.8 Å². The number of hydrogen-bond acceptors (Lipinski definition) is 5. The van der Waals surface area contributed by atoms with Gasteiger partial charge in [-0.25, -0.2) is 0 Å². The first-order valence-electron chi connectivity index (χ1n) is 16.6. The van der Waals surface area contributed by atoms with Crippen molar-refractivity contribution in [3.05, 3.63) is 60.2 Å². The third kappa shape index (κ3) is 5.43. The Kier molecular flexibility index (Phi) is 8.45. The normalized spacial score (nSPS) is 33.1. The maximum Gasteiger partial charge on any atom is 0.155 e. The summed E-state index contributed by atoms with van der Waals surface area (Å²) in [4.78, 5) is 31.4. The lowest BCUT2D eigenvalue weighted by Crippen LogP contribution is -2.51. The van der Waals surface area contributed by atoms with Crippen LogP contribution in [-0.2, 0) is 9.59 Å². The number of carbonyl (C=O) groups excluding carboxylic acids is 2. The Hall–Kier alpha value is -2.37. The molecule has 0 bridgehead atoms. The number of para-hydroxylation sites is 2. The van der Waals surface area contributed by atoms with Gasteiger partial charge in [-0.2, -0.15) is 0 Å². The number of hydrogen-bond donors (Lipinski definition) is 0. The van der Waals surface area contributed by atoms with Crippen molar-refractivity contribution in [1.29, 1.82) is 0 Å². The first-order chi connectivity index (χ1) is 20.5. The van der Waals surface area contributed by atoms with E-state index in [1.54, 1.807) is 6.92 Å². The average Bonchev–Trinajstić information content (AvgIpc) is 3.35. The van der Waals surface area contributed by atoms with E-state index in [4.69, 9.17) is 0 Å². The fraction of sp³-hybridized carbons (Fsp3) is 0.579.